The van der Waals surface area contributed by atoms with Gasteiger partial charge in [-0.05, 0) is 33.2 Å². The van der Waals surface area contributed by atoms with Crippen molar-refractivity contribution in [3.05, 3.63) is 0 Å². The average molecular weight is 244 g/mol. The SMILES string of the molecule is CCCCCNC(C)C(CC)NC(C)COC. The summed E-state index contributed by atoms with van der Waals surface area (Å²) in [6.45, 7) is 10.8. The monoisotopic (exact) mass is 244 g/mol. The Hall–Kier alpha value is -0.120. The van der Waals surface area contributed by atoms with E-state index in [0.717, 1.165) is 19.6 Å². The summed E-state index contributed by atoms with van der Waals surface area (Å²) in [5.41, 5.74) is 0. The Balaban J connectivity index is 3.82. The molecule has 104 valence electrons. The average Bonchev–Trinajstić information content (AvgIpc) is 2.31. The largest absolute Gasteiger partial charge is 0.383 e. The van der Waals surface area contributed by atoms with Crippen molar-refractivity contribution in [1.29, 1.82) is 0 Å². The molecule has 3 atom stereocenters. The van der Waals surface area contributed by atoms with Crippen LogP contribution in [0.3, 0.4) is 0 Å². The van der Waals surface area contributed by atoms with E-state index in [0.29, 0.717) is 18.1 Å². The molecule has 2 N–H and O–H groups in total. The predicted octanol–water partition coefficient (Wildman–Crippen LogP) is 2.56. The van der Waals surface area contributed by atoms with Gasteiger partial charge < -0.3 is 15.4 Å². The maximum Gasteiger partial charge on any atom is 0.0613 e. The number of unbranched alkanes of at least 4 members (excludes halogenated alkanes) is 2. The lowest BCUT2D eigenvalue weighted by atomic mass is 10.1. The molecule has 0 saturated carbocycles. The summed E-state index contributed by atoms with van der Waals surface area (Å²) < 4.78 is 5.16. The molecule has 0 aromatic carbocycles. The number of hydrogen-bond donors (Lipinski definition) is 2. The molecular weight excluding hydrogens is 212 g/mol. The van der Waals surface area contributed by atoms with Gasteiger partial charge in [-0.1, -0.05) is 26.7 Å². The fraction of sp³-hybridized carbons (Fsp3) is 1.00. The first-order valence-corrected chi connectivity index (χ1v) is 7.14. The highest BCUT2D eigenvalue weighted by Crippen LogP contribution is 2.01. The summed E-state index contributed by atoms with van der Waals surface area (Å²) in [7, 11) is 1.76. The Labute approximate surface area is 108 Å². The van der Waals surface area contributed by atoms with Crippen LogP contribution in [0, 0.1) is 0 Å². The van der Waals surface area contributed by atoms with Crippen molar-refractivity contribution in [2.75, 3.05) is 20.3 Å². The molecule has 0 saturated heterocycles. The summed E-state index contributed by atoms with van der Waals surface area (Å²) in [6.07, 6.45) is 5.04. The molecule has 0 aromatic heterocycles. The minimum Gasteiger partial charge on any atom is -0.383 e. The third-order valence-corrected chi connectivity index (χ3v) is 3.21. The second kappa shape index (κ2) is 11.0. The topological polar surface area (TPSA) is 33.3 Å². The molecule has 3 nitrogen and oxygen atoms in total. The molecule has 0 amide bonds. The number of nitrogens with one attached hydrogen (secondary N) is 2. The summed E-state index contributed by atoms with van der Waals surface area (Å²) in [6, 6.07) is 1.47. The second-order valence-corrected chi connectivity index (χ2v) is 4.99. The zero-order chi connectivity index (χ0) is 13.1. The van der Waals surface area contributed by atoms with Gasteiger partial charge in [0.05, 0.1) is 6.61 Å². The van der Waals surface area contributed by atoms with Crippen LogP contribution in [0.15, 0.2) is 0 Å². The standard InChI is InChI=1S/C14H32N2O/c1-6-8-9-10-15-13(4)14(7-2)16-12(3)11-17-5/h12-16H,6-11H2,1-5H3. The molecule has 0 radical (unpaired) electrons. The van der Waals surface area contributed by atoms with Crippen molar-refractivity contribution in [3.63, 3.8) is 0 Å². The highest BCUT2D eigenvalue weighted by Gasteiger charge is 2.16. The maximum atomic E-state index is 5.16. The van der Waals surface area contributed by atoms with Gasteiger partial charge in [-0.3, -0.25) is 0 Å². The highest BCUT2D eigenvalue weighted by atomic mass is 16.5. The number of ether oxygens (including phenoxy) is 1. The molecule has 0 bridgehead atoms. The molecule has 0 heterocycles. The van der Waals surface area contributed by atoms with Crippen molar-refractivity contribution in [3.8, 4) is 0 Å². The van der Waals surface area contributed by atoms with Gasteiger partial charge in [0.15, 0.2) is 0 Å². The van der Waals surface area contributed by atoms with E-state index in [2.05, 4.69) is 38.3 Å². The molecule has 3 unspecified atom stereocenters. The van der Waals surface area contributed by atoms with Gasteiger partial charge >= 0.3 is 0 Å². The lowest BCUT2D eigenvalue weighted by Gasteiger charge is -2.28. The first-order valence-electron chi connectivity index (χ1n) is 7.14. The zero-order valence-corrected chi connectivity index (χ0v) is 12.4. The molecule has 0 spiro atoms. The van der Waals surface area contributed by atoms with Gasteiger partial charge in [0.1, 0.15) is 0 Å². The smallest absolute Gasteiger partial charge is 0.0613 e. The van der Waals surface area contributed by atoms with E-state index in [9.17, 15) is 0 Å². The third kappa shape index (κ3) is 8.58. The molecular formula is C14H32N2O. The summed E-state index contributed by atoms with van der Waals surface area (Å²) >= 11 is 0. The van der Waals surface area contributed by atoms with E-state index in [1.807, 2.05) is 0 Å². The minimum absolute atomic E-state index is 0.421. The quantitative estimate of drug-likeness (QED) is 0.548. The van der Waals surface area contributed by atoms with Gasteiger partial charge in [-0.15, -0.1) is 0 Å². The number of rotatable bonds is 11. The molecule has 17 heavy (non-hydrogen) atoms. The van der Waals surface area contributed by atoms with Crippen LogP contribution in [0.1, 0.15) is 53.4 Å². The van der Waals surface area contributed by atoms with Gasteiger partial charge in [0, 0.05) is 25.2 Å². The van der Waals surface area contributed by atoms with Crippen LogP contribution in [-0.4, -0.2) is 38.4 Å². The van der Waals surface area contributed by atoms with E-state index >= 15 is 0 Å². The van der Waals surface area contributed by atoms with Crippen LogP contribution in [0.5, 0.6) is 0 Å². The molecule has 0 aromatic rings. The first kappa shape index (κ1) is 16.9. The lowest BCUT2D eigenvalue weighted by molar-refractivity contribution is 0.162. The summed E-state index contributed by atoms with van der Waals surface area (Å²) in [5.74, 6) is 0. The zero-order valence-electron chi connectivity index (χ0n) is 12.4. The van der Waals surface area contributed by atoms with E-state index in [-0.39, 0.29) is 0 Å². The lowest BCUT2D eigenvalue weighted by Crippen LogP contribution is -2.50. The molecule has 0 aliphatic heterocycles. The van der Waals surface area contributed by atoms with E-state index in [1.54, 1.807) is 7.11 Å². The van der Waals surface area contributed by atoms with Crippen molar-refractivity contribution in [2.24, 2.45) is 0 Å². The Morgan fingerprint density at radius 2 is 1.82 bits per heavy atom. The van der Waals surface area contributed by atoms with Gasteiger partial charge in [0.2, 0.25) is 0 Å². The number of methoxy groups -OCH3 is 1. The van der Waals surface area contributed by atoms with Crippen LogP contribution in [-0.2, 0) is 4.74 Å². The summed E-state index contributed by atoms with van der Waals surface area (Å²) in [4.78, 5) is 0. The molecule has 0 aliphatic rings. The second-order valence-electron chi connectivity index (χ2n) is 4.99. The Kier molecular flexibility index (Phi) is 10.9. The molecule has 0 fully saturated rings. The van der Waals surface area contributed by atoms with E-state index < -0.39 is 0 Å². The molecule has 3 heteroatoms. The van der Waals surface area contributed by atoms with Crippen LogP contribution in [0.25, 0.3) is 0 Å². The van der Waals surface area contributed by atoms with Gasteiger partial charge in [-0.25, -0.2) is 0 Å². The maximum absolute atomic E-state index is 5.16. The van der Waals surface area contributed by atoms with Crippen LogP contribution < -0.4 is 10.6 Å². The molecule has 0 aliphatic carbocycles. The van der Waals surface area contributed by atoms with Gasteiger partial charge in [-0.2, -0.15) is 0 Å². The fourth-order valence-corrected chi connectivity index (χ4v) is 2.13. The Bertz CT molecular complexity index is 164. The Morgan fingerprint density at radius 3 is 2.35 bits per heavy atom. The number of hydrogen-bond acceptors (Lipinski definition) is 3. The molecule has 0 rings (SSSR count). The van der Waals surface area contributed by atoms with Crippen molar-refractivity contribution >= 4 is 0 Å². The van der Waals surface area contributed by atoms with Crippen molar-refractivity contribution < 1.29 is 4.74 Å². The third-order valence-electron chi connectivity index (χ3n) is 3.21. The van der Waals surface area contributed by atoms with Gasteiger partial charge in [0.25, 0.3) is 0 Å². The van der Waals surface area contributed by atoms with Crippen LogP contribution in [0.4, 0.5) is 0 Å². The Morgan fingerprint density at radius 1 is 1.12 bits per heavy atom. The fourth-order valence-electron chi connectivity index (χ4n) is 2.13. The van der Waals surface area contributed by atoms with Crippen molar-refractivity contribution in [2.45, 2.75) is 71.5 Å². The van der Waals surface area contributed by atoms with Crippen LogP contribution in [0.2, 0.25) is 0 Å². The van der Waals surface area contributed by atoms with E-state index in [1.165, 1.54) is 19.3 Å². The first-order chi connectivity index (χ1) is 8.15. The highest BCUT2D eigenvalue weighted by molar-refractivity contribution is 4.80. The predicted molar refractivity (Wildman–Crippen MR) is 75.5 cm³/mol. The summed E-state index contributed by atoms with van der Waals surface area (Å²) in [5, 5.41) is 7.23. The van der Waals surface area contributed by atoms with Crippen LogP contribution >= 0.6 is 0 Å². The van der Waals surface area contributed by atoms with E-state index in [4.69, 9.17) is 4.74 Å². The minimum atomic E-state index is 0.421. The normalized spacial score (nSPS) is 16.8. The van der Waals surface area contributed by atoms with Crippen molar-refractivity contribution in [1.82, 2.24) is 10.6 Å².